The topological polar surface area (TPSA) is 46.6 Å². The van der Waals surface area contributed by atoms with E-state index in [1.165, 1.54) is 18.1 Å². The number of hydrogen-bond donors (Lipinski definition) is 0. The summed E-state index contributed by atoms with van der Waals surface area (Å²) in [6.07, 6.45) is 0.791. The summed E-state index contributed by atoms with van der Waals surface area (Å²) < 4.78 is 5.49. The van der Waals surface area contributed by atoms with E-state index < -0.39 is 11.6 Å². The molecule has 0 aromatic heterocycles. The van der Waals surface area contributed by atoms with Crippen molar-refractivity contribution in [1.82, 2.24) is 4.90 Å². The molecule has 0 aliphatic rings. The molecule has 0 radical (unpaired) electrons. The molecule has 2 aromatic carbocycles. The van der Waals surface area contributed by atoms with Gasteiger partial charge in [0.05, 0.1) is 0 Å². The van der Waals surface area contributed by atoms with Crippen molar-refractivity contribution >= 4 is 11.8 Å². The molecule has 0 spiro atoms. The number of nitrogens with zero attached hydrogens (tertiary/aromatic N) is 1. The number of ketones is 1. The van der Waals surface area contributed by atoms with Crippen LogP contribution in [-0.4, -0.2) is 42.4 Å². The Kier molecular flexibility index (Phi) is 7.94. The molecule has 0 aliphatic heterocycles. The van der Waals surface area contributed by atoms with E-state index in [4.69, 9.17) is 4.74 Å². The van der Waals surface area contributed by atoms with E-state index in [9.17, 15) is 9.59 Å². The zero-order valence-electron chi connectivity index (χ0n) is 17.4. The second-order valence-electron chi connectivity index (χ2n) is 8.01. The molecule has 4 heteroatoms. The summed E-state index contributed by atoms with van der Waals surface area (Å²) in [4.78, 5) is 25.1. The molecule has 150 valence electrons. The maximum absolute atomic E-state index is 11.8. The molecule has 0 N–H and O–H groups in total. The maximum atomic E-state index is 11.8. The van der Waals surface area contributed by atoms with Crippen LogP contribution in [0.1, 0.15) is 50.7 Å². The second kappa shape index (κ2) is 10.2. The maximum Gasteiger partial charge on any atom is 0.313 e. The molecule has 4 nitrogen and oxygen atoms in total. The molecule has 0 saturated heterocycles. The van der Waals surface area contributed by atoms with Gasteiger partial charge in [-0.15, -0.1) is 0 Å². The fourth-order valence-corrected chi connectivity index (χ4v) is 3.55. The lowest BCUT2D eigenvalue weighted by molar-refractivity contribution is -0.158. The summed E-state index contributed by atoms with van der Waals surface area (Å²) in [5.41, 5.74) is 1.96. The number of hydrogen-bond acceptors (Lipinski definition) is 4. The number of benzene rings is 2. The van der Waals surface area contributed by atoms with E-state index in [-0.39, 0.29) is 12.2 Å². The molecule has 0 bridgehead atoms. The van der Waals surface area contributed by atoms with Crippen molar-refractivity contribution in [2.24, 2.45) is 0 Å². The van der Waals surface area contributed by atoms with E-state index in [1.807, 2.05) is 33.0 Å². The summed E-state index contributed by atoms with van der Waals surface area (Å²) in [6, 6.07) is 21.1. The first kappa shape index (κ1) is 21.8. The van der Waals surface area contributed by atoms with Crippen molar-refractivity contribution in [3.63, 3.8) is 0 Å². The molecule has 28 heavy (non-hydrogen) atoms. The van der Waals surface area contributed by atoms with Crippen LogP contribution in [0.15, 0.2) is 60.7 Å². The van der Waals surface area contributed by atoms with Crippen LogP contribution in [0.3, 0.4) is 0 Å². The number of likely N-dealkylation sites (N-methyl/N-ethyl adjacent to an activating group) is 1. The number of ether oxygens (including phenoxy) is 1. The van der Waals surface area contributed by atoms with Gasteiger partial charge in [-0.25, -0.2) is 0 Å². The molecule has 0 unspecified atom stereocenters. The van der Waals surface area contributed by atoms with E-state index >= 15 is 0 Å². The van der Waals surface area contributed by atoms with E-state index in [0.717, 1.165) is 13.0 Å². The first-order valence-electron chi connectivity index (χ1n) is 9.76. The zero-order valence-corrected chi connectivity index (χ0v) is 17.4. The fourth-order valence-electron chi connectivity index (χ4n) is 3.55. The molecular weight excluding hydrogens is 350 g/mol. The van der Waals surface area contributed by atoms with Crippen LogP contribution >= 0.6 is 0 Å². The number of carbonyl (C=O) groups excluding carboxylic acids is 2. The summed E-state index contributed by atoms with van der Waals surface area (Å²) >= 11 is 0. The Morgan fingerprint density at radius 2 is 1.46 bits per heavy atom. The quantitative estimate of drug-likeness (QED) is 0.451. The molecule has 0 heterocycles. The lowest BCUT2D eigenvalue weighted by atomic mass is 9.88. The molecule has 2 aromatic rings. The van der Waals surface area contributed by atoms with Gasteiger partial charge in [-0.2, -0.15) is 0 Å². The lowest BCUT2D eigenvalue weighted by Gasteiger charge is -2.31. The van der Waals surface area contributed by atoms with Crippen molar-refractivity contribution in [3.8, 4) is 0 Å². The van der Waals surface area contributed by atoms with Crippen LogP contribution in [0.5, 0.6) is 0 Å². The fraction of sp³-hybridized carbons (Fsp3) is 0.417. The van der Waals surface area contributed by atoms with Crippen molar-refractivity contribution in [3.05, 3.63) is 71.8 Å². The van der Waals surface area contributed by atoms with Crippen LogP contribution in [0, 0.1) is 0 Å². The van der Waals surface area contributed by atoms with E-state index in [0.29, 0.717) is 12.5 Å². The van der Waals surface area contributed by atoms with Gasteiger partial charge in [-0.1, -0.05) is 60.7 Å². The highest BCUT2D eigenvalue weighted by Crippen LogP contribution is 2.28. The molecule has 0 saturated carbocycles. The Morgan fingerprint density at radius 3 is 1.93 bits per heavy atom. The van der Waals surface area contributed by atoms with Crippen LogP contribution in [0.4, 0.5) is 0 Å². The monoisotopic (exact) mass is 381 g/mol. The largest absolute Gasteiger partial charge is 0.458 e. The van der Waals surface area contributed by atoms with Gasteiger partial charge in [0.25, 0.3) is 0 Å². The number of esters is 1. The van der Waals surface area contributed by atoms with Crippen molar-refractivity contribution in [2.75, 3.05) is 20.1 Å². The highest BCUT2D eigenvalue weighted by molar-refractivity contribution is 5.94. The Labute approximate surface area is 168 Å². The molecule has 0 fully saturated rings. The number of rotatable bonds is 10. The van der Waals surface area contributed by atoms with Gasteiger partial charge in [-0.3, -0.25) is 9.59 Å². The predicted octanol–water partition coefficient (Wildman–Crippen LogP) is 4.44. The zero-order chi connectivity index (χ0) is 20.6. The van der Waals surface area contributed by atoms with Crippen molar-refractivity contribution < 1.29 is 14.3 Å². The van der Waals surface area contributed by atoms with Gasteiger partial charge < -0.3 is 9.64 Å². The highest BCUT2D eigenvalue weighted by Gasteiger charge is 2.26. The Bertz CT molecular complexity index is 716. The summed E-state index contributed by atoms with van der Waals surface area (Å²) in [7, 11) is 2.04. The van der Waals surface area contributed by atoms with Crippen LogP contribution in [-0.2, 0) is 14.3 Å². The van der Waals surface area contributed by atoms with E-state index in [2.05, 4.69) is 53.4 Å². The van der Waals surface area contributed by atoms with E-state index in [1.54, 1.807) is 0 Å². The average Bonchev–Trinajstić information content (AvgIpc) is 2.62. The molecular formula is C24H31NO3. The van der Waals surface area contributed by atoms with Gasteiger partial charge in [-0.05, 0) is 51.9 Å². The van der Waals surface area contributed by atoms with Gasteiger partial charge in [0.2, 0.25) is 0 Å². The lowest BCUT2D eigenvalue weighted by Crippen LogP contribution is -2.41. The summed E-state index contributed by atoms with van der Waals surface area (Å²) in [5.74, 6) is -0.326. The third kappa shape index (κ3) is 7.28. The van der Waals surface area contributed by atoms with Crippen LogP contribution in [0.2, 0.25) is 0 Å². The normalized spacial score (nSPS) is 11.6. The standard InChI is InChI=1S/C24H31NO3/c1-19(26)17-23(27)28-24(2,3)18-25(4)16-15-22(20-11-7-5-8-12-20)21-13-9-6-10-14-21/h5-14,22H,15-18H2,1-4H3. The Balaban J connectivity index is 1.98. The SMILES string of the molecule is CC(=O)CC(=O)OC(C)(C)CN(C)CCC(c1ccccc1)c1ccccc1. The van der Waals surface area contributed by atoms with Crippen molar-refractivity contribution in [1.29, 1.82) is 0 Å². The minimum Gasteiger partial charge on any atom is -0.458 e. The third-order valence-electron chi connectivity index (χ3n) is 4.64. The predicted molar refractivity (Wildman–Crippen MR) is 112 cm³/mol. The highest BCUT2D eigenvalue weighted by atomic mass is 16.6. The Hall–Kier alpha value is -2.46. The first-order chi connectivity index (χ1) is 13.3. The average molecular weight is 382 g/mol. The summed E-state index contributed by atoms with van der Waals surface area (Å²) in [5, 5.41) is 0. The van der Waals surface area contributed by atoms with Gasteiger partial charge in [0.1, 0.15) is 17.8 Å². The number of carbonyl (C=O) groups is 2. The molecule has 0 aliphatic carbocycles. The minimum atomic E-state index is -0.643. The van der Waals surface area contributed by atoms with Gasteiger partial charge in [0.15, 0.2) is 0 Å². The molecule has 0 atom stereocenters. The van der Waals surface area contributed by atoms with Crippen LogP contribution in [0.25, 0.3) is 0 Å². The van der Waals surface area contributed by atoms with Gasteiger partial charge >= 0.3 is 5.97 Å². The van der Waals surface area contributed by atoms with Crippen LogP contribution < -0.4 is 0 Å². The van der Waals surface area contributed by atoms with Gasteiger partial charge in [0, 0.05) is 12.5 Å². The summed E-state index contributed by atoms with van der Waals surface area (Å²) in [6.45, 7) is 6.63. The third-order valence-corrected chi connectivity index (χ3v) is 4.64. The first-order valence-corrected chi connectivity index (χ1v) is 9.76. The Morgan fingerprint density at radius 1 is 0.964 bits per heavy atom. The number of Topliss-reactive ketones (excluding diaryl/α,β-unsaturated/α-hetero) is 1. The molecule has 2 rings (SSSR count). The minimum absolute atomic E-state index is 0.169. The van der Waals surface area contributed by atoms with Crippen molar-refractivity contribution in [2.45, 2.75) is 45.1 Å². The smallest absolute Gasteiger partial charge is 0.313 e. The molecule has 0 amide bonds. The second-order valence-corrected chi connectivity index (χ2v) is 8.01.